The fourth-order valence-electron chi connectivity index (χ4n) is 4.00. The highest BCUT2D eigenvalue weighted by molar-refractivity contribution is 7.22. The summed E-state index contributed by atoms with van der Waals surface area (Å²) in [4.78, 5) is 29.1. The monoisotopic (exact) mass is 475 g/mol. The van der Waals surface area contributed by atoms with E-state index in [2.05, 4.69) is 15.6 Å². The van der Waals surface area contributed by atoms with Crippen molar-refractivity contribution in [2.45, 2.75) is 25.8 Å². The summed E-state index contributed by atoms with van der Waals surface area (Å²) in [6.45, 7) is 2.58. The summed E-state index contributed by atoms with van der Waals surface area (Å²) in [5, 5.41) is 6.98. The molecule has 2 N–H and O–H groups in total. The summed E-state index contributed by atoms with van der Waals surface area (Å²) in [6, 6.07) is 17.4. The molecular formula is C26H22FN3O3S. The average Bonchev–Trinajstić information content (AvgIpc) is 3.49. The van der Waals surface area contributed by atoms with Crippen LogP contribution in [0.1, 0.15) is 28.8 Å². The van der Waals surface area contributed by atoms with E-state index in [1.165, 1.54) is 23.5 Å². The van der Waals surface area contributed by atoms with Gasteiger partial charge in [0.15, 0.2) is 5.13 Å². The fourth-order valence-corrected chi connectivity index (χ4v) is 4.91. The predicted molar refractivity (Wildman–Crippen MR) is 131 cm³/mol. The van der Waals surface area contributed by atoms with Crippen LogP contribution in [0.15, 0.2) is 60.7 Å². The first-order valence-corrected chi connectivity index (χ1v) is 11.8. The first kappa shape index (κ1) is 22.2. The molecule has 0 spiro atoms. The van der Waals surface area contributed by atoms with E-state index >= 15 is 0 Å². The molecule has 0 amide bonds. The minimum atomic E-state index is -0.627. The van der Waals surface area contributed by atoms with E-state index in [1.807, 2.05) is 43.3 Å². The number of esters is 2. The van der Waals surface area contributed by atoms with Crippen LogP contribution in [0.4, 0.5) is 15.2 Å². The van der Waals surface area contributed by atoms with E-state index in [4.69, 9.17) is 4.74 Å². The van der Waals surface area contributed by atoms with Crippen molar-refractivity contribution in [1.82, 2.24) is 10.3 Å². The first-order chi connectivity index (χ1) is 16.5. The van der Waals surface area contributed by atoms with Gasteiger partial charge in [0, 0.05) is 5.69 Å². The molecule has 5 rings (SSSR count). The second-order valence-corrected chi connectivity index (χ2v) is 9.25. The van der Waals surface area contributed by atoms with Crippen LogP contribution in [0.25, 0.3) is 21.3 Å². The van der Waals surface area contributed by atoms with Crippen LogP contribution < -0.4 is 10.6 Å². The molecule has 1 aromatic heterocycles. The molecule has 2 heterocycles. The molecule has 8 heteroatoms. The lowest BCUT2D eigenvalue weighted by Gasteiger charge is -2.11. The Balaban J connectivity index is 1.27. The van der Waals surface area contributed by atoms with Crippen molar-refractivity contribution < 1.29 is 18.7 Å². The number of aromatic nitrogens is 1. The quantitative estimate of drug-likeness (QED) is 0.289. The van der Waals surface area contributed by atoms with Gasteiger partial charge < -0.3 is 15.4 Å². The predicted octanol–water partition coefficient (Wildman–Crippen LogP) is 5.59. The van der Waals surface area contributed by atoms with Crippen LogP contribution in [-0.4, -0.2) is 29.5 Å². The summed E-state index contributed by atoms with van der Waals surface area (Å²) in [5.41, 5.74) is 4.64. The Morgan fingerprint density at radius 3 is 2.62 bits per heavy atom. The zero-order chi connectivity index (χ0) is 23.7. The first-order valence-electron chi connectivity index (χ1n) is 11.0. The molecule has 0 saturated carbocycles. The van der Waals surface area contributed by atoms with Crippen LogP contribution in [-0.2, 0) is 9.53 Å². The van der Waals surface area contributed by atoms with Crippen molar-refractivity contribution in [3.63, 3.8) is 0 Å². The third-order valence-corrected chi connectivity index (χ3v) is 6.74. The summed E-state index contributed by atoms with van der Waals surface area (Å²) >= 11 is 1.39. The molecule has 1 saturated heterocycles. The number of benzene rings is 3. The minimum Gasteiger partial charge on any atom is -0.388 e. The topological polar surface area (TPSA) is 80.3 Å². The SMILES string of the molecule is Cc1cc(-c2ccc(Nc3nc4ccc(F)cc4s3)cc2)ccc1C(=O)OC(=O)[C@@H]1CCCN1. The molecule has 6 nitrogen and oxygen atoms in total. The van der Waals surface area contributed by atoms with Crippen LogP contribution >= 0.6 is 11.3 Å². The van der Waals surface area contributed by atoms with E-state index in [0.29, 0.717) is 17.1 Å². The van der Waals surface area contributed by atoms with E-state index in [-0.39, 0.29) is 5.82 Å². The number of hydrogen-bond donors (Lipinski definition) is 2. The van der Waals surface area contributed by atoms with E-state index in [0.717, 1.165) is 45.6 Å². The maximum absolute atomic E-state index is 13.4. The molecule has 1 atom stereocenters. The van der Waals surface area contributed by atoms with Gasteiger partial charge in [-0.05, 0) is 79.4 Å². The van der Waals surface area contributed by atoms with Crippen LogP contribution in [0.3, 0.4) is 0 Å². The normalized spacial score (nSPS) is 15.4. The van der Waals surface area contributed by atoms with Gasteiger partial charge in [0.05, 0.1) is 15.8 Å². The zero-order valence-electron chi connectivity index (χ0n) is 18.4. The number of aryl methyl sites for hydroxylation is 1. The minimum absolute atomic E-state index is 0.279. The number of anilines is 2. The van der Waals surface area contributed by atoms with Crippen molar-refractivity contribution in [2.24, 2.45) is 0 Å². The molecular weight excluding hydrogens is 453 g/mol. The third kappa shape index (κ3) is 4.69. The Morgan fingerprint density at radius 2 is 1.88 bits per heavy atom. The highest BCUT2D eigenvalue weighted by Gasteiger charge is 2.26. The van der Waals surface area contributed by atoms with Gasteiger partial charge in [-0.2, -0.15) is 0 Å². The lowest BCUT2D eigenvalue weighted by molar-refractivity contribution is -0.139. The molecule has 1 fully saturated rings. The highest BCUT2D eigenvalue weighted by atomic mass is 32.1. The number of fused-ring (bicyclic) bond motifs is 1. The second kappa shape index (κ2) is 9.32. The zero-order valence-corrected chi connectivity index (χ0v) is 19.2. The lowest BCUT2D eigenvalue weighted by atomic mass is 9.99. The van der Waals surface area contributed by atoms with Crippen molar-refractivity contribution >= 4 is 44.3 Å². The number of nitrogens with one attached hydrogen (secondary N) is 2. The van der Waals surface area contributed by atoms with E-state index < -0.39 is 18.0 Å². The van der Waals surface area contributed by atoms with Gasteiger partial charge in [-0.15, -0.1) is 0 Å². The molecule has 172 valence electrons. The lowest BCUT2D eigenvalue weighted by Crippen LogP contribution is -2.33. The van der Waals surface area contributed by atoms with Gasteiger partial charge in [0.25, 0.3) is 0 Å². The largest absolute Gasteiger partial charge is 0.388 e. The third-order valence-electron chi connectivity index (χ3n) is 5.80. The van der Waals surface area contributed by atoms with Gasteiger partial charge >= 0.3 is 11.9 Å². The van der Waals surface area contributed by atoms with Gasteiger partial charge in [-0.3, -0.25) is 0 Å². The van der Waals surface area contributed by atoms with Gasteiger partial charge in [-0.1, -0.05) is 35.6 Å². The summed E-state index contributed by atoms with van der Waals surface area (Å²) < 4.78 is 19.3. The fraction of sp³-hybridized carbons (Fsp3) is 0.192. The number of carbonyl (C=O) groups excluding carboxylic acids is 2. The summed E-state index contributed by atoms with van der Waals surface area (Å²) in [5.74, 6) is -1.43. The van der Waals surface area contributed by atoms with Crippen LogP contribution in [0.5, 0.6) is 0 Å². The molecule has 34 heavy (non-hydrogen) atoms. The number of nitrogens with zero attached hydrogens (tertiary/aromatic N) is 1. The average molecular weight is 476 g/mol. The van der Waals surface area contributed by atoms with Crippen LogP contribution in [0.2, 0.25) is 0 Å². The van der Waals surface area contributed by atoms with E-state index in [9.17, 15) is 14.0 Å². The van der Waals surface area contributed by atoms with Gasteiger partial charge in [0.1, 0.15) is 11.9 Å². The Bertz CT molecular complexity index is 1380. The summed E-state index contributed by atoms with van der Waals surface area (Å²) in [6.07, 6.45) is 1.59. The Morgan fingerprint density at radius 1 is 1.09 bits per heavy atom. The Kier molecular flexibility index (Phi) is 6.08. The number of carbonyl (C=O) groups is 2. The number of rotatable bonds is 5. The smallest absolute Gasteiger partial charge is 0.346 e. The number of halogens is 1. The molecule has 1 aliphatic heterocycles. The number of thiazole rings is 1. The Hall–Kier alpha value is -3.62. The molecule has 0 unspecified atom stereocenters. The second-order valence-electron chi connectivity index (χ2n) is 8.22. The van der Waals surface area contributed by atoms with Crippen molar-refractivity contribution in [1.29, 1.82) is 0 Å². The van der Waals surface area contributed by atoms with E-state index in [1.54, 1.807) is 12.1 Å². The highest BCUT2D eigenvalue weighted by Crippen LogP contribution is 2.30. The molecule has 0 bridgehead atoms. The molecule has 3 aromatic carbocycles. The molecule has 1 aliphatic rings. The van der Waals surface area contributed by atoms with Crippen molar-refractivity contribution in [2.75, 3.05) is 11.9 Å². The van der Waals surface area contributed by atoms with Crippen LogP contribution in [0, 0.1) is 12.7 Å². The Labute approximate surface area is 199 Å². The maximum Gasteiger partial charge on any atom is 0.346 e. The van der Waals surface area contributed by atoms with Crippen molar-refractivity contribution in [3.05, 3.63) is 77.6 Å². The maximum atomic E-state index is 13.4. The molecule has 4 aromatic rings. The number of hydrogen-bond acceptors (Lipinski definition) is 7. The van der Waals surface area contributed by atoms with Gasteiger partial charge in [-0.25, -0.2) is 19.0 Å². The summed E-state index contributed by atoms with van der Waals surface area (Å²) in [7, 11) is 0. The molecule has 0 radical (unpaired) electrons. The molecule has 0 aliphatic carbocycles. The van der Waals surface area contributed by atoms with Gasteiger partial charge in [0.2, 0.25) is 0 Å². The standard InChI is InChI=1S/C26H22FN3O3S/c1-15-13-17(6-10-20(15)24(31)33-25(32)22-3-2-12-28-22)16-4-8-19(9-5-16)29-26-30-21-11-7-18(27)14-23(21)34-26/h4-11,13-14,22,28H,2-3,12H2,1H3,(H,29,30)/t22-/m0/s1. The number of ether oxygens (including phenoxy) is 1. The van der Waals surface area contributed by atoms with Crippen molar-refractivity contribution in [3.8, 4) is 11.1 Å².